The molecule has 0 amide bonds. The Bertz CT molecular complexity index is 281. The average Bonchev–Trinajstić information content (AvgIpc) is 2.67. The summed E-state index contributed by atoms with van der Waals surface area (Å²) < 4.78 is 5.53. The smallest absolute Gasteiger partial charge is 0.148 e. The monoisotopic (exact) mass is 176 g/mol. The van der Waals surface area contributed by atoms with Gasteiger partial charge in [-0.3, -0.25) is 0 Å². The fourth-order valence-corrected chi connectivity index (χ4v) is 1.68. The van der Waals surface area contributed by atoms with Crippen molar-refractivity contribution < 1.29 is 9.53 Å². The molecule has 1 aliphatic heterocycles. The van der Waals surface area contributed by atoms with E-state index >= 15 is 0 Å². The number of rotatable bonds is 2. The molecule has 1 saturated heterocycles. The molecule has 0 N–H and O–H groups in total. The second-order valence-electron chi connectivity index (χ2n) is 3.29. The molecule has 2 nitrogen and oxygen atoms in total. The lowest BCUT2D eigenvalue weighted by atomic mass is 10.1. The number of ether oxygens (including phenoxy) is 1. The molecule has 0 aromatic heterocycles. The molecule has 0 aliphatic carbocycles. The van der Waals surface area contributed by atoms with Crippen LogP contribution in [0.4, 0.5) is 0 Å². The Kier molecular flexibility index (Phi) is 2.41. The highest BCUT2D eigenvalue weighted by Crippen LogP contribution is 2.31. The molecule has 0 spiro atoms. The normalized spacial score (nSPS) is 27.4. The first-order valence-electron chi connectivity index (χ1n) is 4.56. The molecule has 2 unspecified atom stereocenters. The molecule has 1 fully saturated rings. The van der Waals surface area contributed by atoms with E-state index in [-0.39, 0.29) is 12.2 Å². The van der Waals surface area contributed by atoms with Gasteiger partial charge in [-0.15, -0.1) is 0 Å². The molecule has 0 saturated carbocycles. The SMILES string of the molecule is O=CC1CCC(c2ccccc2)O1. The van der Waals surface area contributed by atoms with Gasteiger partial charge in [0, 0.05) is 0 Å². The van der Waals surface area contributed by atoms with Crippen LogP contribution < -0.4 is 0 Å². The van der Waals surface area contributed by atoms with E-state index in [1.807, 2.05) is 30.3 Å². The van der Waals surface area contributed by atoms with Crippen molar-refractivity contribution >= 4 is 6.29 Å². The van der Waals surface area contributed by atoms with Gasteiger partial charge in [-0.2, -0.15) is 0 Å². The molecule has 1 heterocycles. The van der Waals surface area contributed by atoms with Crippen LogP contribution in [0.5, 0.6) is 0 Å². The number of carbonyl (C=O) groups is 1. The van der Waals surface area contributed by atoms with Crippen molar-refractivity contribution in [3.05, 3.63) is 35.9 Å². The minimum Gasteiger partial charge on any atom is -0.363 e. The zero-order valence-corrected chi connectivity index (χ0v) is 7.35. The van der Waals surface area contributed by atoms with Crippen LogP contribution in [-0.4, -0.2) is 12.4 Å². The molecule has 13 heavy (non-hydrogen) atoms. The van der Waals surface area contributed by atoms with Gasteiger partial charge in [-0.25, -0.2) is 0 Å². The third kappa shape index (κ3) is 1.78. The third-order valence-electron chi connectivity index (χ3n) is 2.38. The van der Waals surface area contributed by atoms with E-state index in [0.29, 0.717) is 0 Å². The molecule has 1 aromatic carbocycles. The van der Waals surface area contributed by atoms with E-state index in [2.05, 4.69) is 0 Å². The molecule has 2 atom stereocenters. The Hall–Kier alpha value is -1.15. The molecular weight excluding hydrogens is 164 g/mol. The van der Waals surface area contributed by atoms with Crippen molar-refractivity contribution in [2.24, 2.45) is 0 Å². The van der Waals surface area contributed by atoms with Crippen LogP contribution in [0.3, 0.4) is 0 Å². The fraction of sp³-hybridized carbons (Fsp3) is 0.364. The van der Waals surface area contributed by atoms with Crippen LogP contribution in [-0.2, 0) is 9.53 Å². The summed E-state index contributed by atoms with van der Waals surface area (Å²) in [5.74, 6) is 0. The number of aldehydes is 1. The van der Waals surface area contributed by atoms with Crippen molar-refractivity contribution in [2.75, 3.05) is 0 Å². The van der Waals surface area contributed by atoms with Crippen molar-refractivity contribution in [1.29, 1.82) is 0 Å². The summed E-state index contributed by atoms with van der Waals surface area (Å²) in [6, 6.07) is 10.0. The maximum atomic E-state index is 10.5. The topological polar surface area (TPSA) is 26.3 Å². The zero-order chi connectivity index (χ0) is 9.10. The molecular formula is C11H12O2. The first-order chi connectivity index (χ1) is 6.40. The van der Waals surface area contributed by atoms with Gasteiger partial charge in [0.2, 0.25) is 0 Å². The number of hydrogen-bond donors (Lipinski definition) is 0. The van der Waals surface area contributed by atoms with Gasteiger partial charge >= 0.3 is 0 Å². The minimum absolute atomic E-state index is 0.122. The lowest BCUT2D eigenvalue weighted by molar-refractivity contribution is -0.117. The molecule has 1 aromatic rings. The summed E-state index contributed by atoms with van der Waals surface area (Å²) >= 11 is 0. The van der Waals surface area contributed by atoms with E-state index < -0.39 is 0 Å². The van der Waals surface area contributed by atoms with Crippen LogP contribution in [0.15, 0.2) is 30.3 Å². The first kappa shape index (κ1) is 8.45. The van der Waals surface area contributed by atoms with Gasteiger partial charge in [0.05, 0.1) is 6.10 Å². The molecule has 2 heteroatoms. The zero-order valence-electron chi connectivity index (χ0n) is 7.35. The lowest BCUT2D eigenvalue weighted by Gasteiger charge is -2.09. The minimum atomic E-state index is -0.190. The Morgan fingerprint density at radius 2 is 2.00 bits per heavy atom. The van der Waals surface area contributed by atoms with Crippen molar-refractivity contribution in [3.8, 4) is 0 Å². The quantitative estimate of drug-likeness (QED) is 0.645. The van der Waals surface area contributed by atoms with Gasteiger partial charge in [0.1, 0.15) is 12.4 Å². The summed E-state index contributed by atoms with van der Waals surface area (Å²) in [5, 5.41) is 0. The molecule has 0 bridgehead atoms. The van der Waals surface area contributed by atoms with Crippen molar-refractivity contribution in [2.45, 2.75) is 25.0 Å². The van der Waals surface area contributed by atoms with Crippen LogP contribution in [0.25, 0.3) is 0 Å². The Morgan fingerprint density at radius 1 is 1.23 bits per heavy atom. The average molecular weight is 176 g/mol. The van der Waals surface area contributed by atoms with Crippen LogP contribution in [0.2, 0.25) is 0 Å². The van der Waals surface area contributed by atoms with Gasteiger partial charge in [-0.05, 0) is 18.4 Å². The predicted molar refractivity (Wildman–Crippen MR) is 49.4 cm³/mol. The maximum Gasteiger partial charge on any atom is 0.148 e. The molecule has 1 aliphatic rings. The highest BCUT2D eigenvalue weighted by Gasteiger charge is 2.25. The second-order valence-corrected chi connectivity index (χ2v) is 3.29. The number of carbonyl (C=O) groups excluding carboxylic acids is 1. The highest BCUT2D eigenvalue weighted by atomic mass is 16.5. The maximum absolute atomic E-state index is 10.5. The fourth-order valence-electron chi connectivity index (χ4n) is 1.68. The van der Waals surface area contributed by atoms with E-state index in [1.54, 1.807) is 0 Å². The number of benzene rings is 1. The molecule has 0 radical (unpaired) electrons. The van der Waals surface area contributed by atoms with Gasteiger partial charge < -0.3 is 9.53 Å². The second kappa shape index (κ2) is 3.71. The van der Waals surface area contributed by atoms with Gasteiger partial charge in [-0.1, -0.05) is 30.3 Å². The lowest BCUT2D eigenvalue weighted by Crippen LogP contribution is -2.06. The van der Waals surface area contributed by atoms with Crippen LogP contribution in [0, 0.1) is 0 Å². The Morgan fingerprint density at radius 3 is 2.62 bits per heavy atom. The summed E-state index contributed by atoms with van der Waals surface area (Å²) in [7, 11) is 0. The standard InChI is InChI=1S/C11H12O2/c12-8-10-6-7-11(13-10)9-4-2-1-3-5-9/h1-5,8,10-11H,6-7H2. The van der Waals surface area contributed by atoms with E-state index in [9.17, 15) is 4.79 Å². The summed E-state index contributed by atoms with van der Waals surface area (Å²) in [6.45, 7) is 0. The van der Waals surface area contributed by atoms with E-state index in [4.69, 9.17) is 4.74 Å². The summed E-state index contributed by atoms with van der Waals surface area (Å²) in [4.78, 5) is 10.5. The van der Waals surface area contributed by atoms with Crippen LogP contribution >= 0.6 is 0 Å². The highest BCUT2D eigenvalue weighted by molar-refractivity contribution is 5.56. The van der Waals surface area contributed by atoms with E-state index in [0.717, 1.165) is 19.1 Å². The summed E-state index contributed by atoms with van der Waals surface area (Å²) in [6.07, 6.45) is 2.63. The first-order valence-corrected chi connectivity index (χ1v) is 4.56. The molecule has 2 rings (SSSR count). The Labute approximate surface area is 77.5 Å². The third-order valence-corrected chi connectivity index (χ3v) is 2.38. The largest absolute Gasteiger partial charge is 0.363 e. The van der Waals surface area contributed by atoms with E-state index in [1.165, 1.54) is 5.56 Å². The predicted octanol–water partition coefficient (Wildman–Crippen LogP) is 2.11. The van der Waals surface area contributed by atoms with Crippen molar-refractivity contribution in [1.82, 2.24) is 0 Å². The number of hydrogen-bond acceptors (Lipinski definition) is 2. The summed E-state index contributed by atoms with van der Waals surface area (Å²) in [5.41, 5.74) is 1.17. The van der Waals surface area contributed by atoms with Gasteiger partial charge in [0.15, 0.2) is 0 Å². The van der Waals surface area contributed by atoms with Crippen LogP contribution in [0.1, 0.15) is 24.5 Å². The van der Waals surface area contributed by atoms with Gasteiger partial charge in [0.25, 0.3) is 0 Å². The Balaban J connectivity index is 2.08. The molecule has 68 valence electrons. The van der Waals surface area contributed by atoms with Crippen molar-refractivity contribution in [3.63, 3.8) is 0 Å².